The Balaban J connectivity index is 4.88. The molecule has 10 heteroatoms. The zero-order valence-electron chi connectivity index (χ0n) is 10.7. The maximum Gasteiger partial charge on any atom is 0.328 e. The molecule has 0 bridgehead atoms. The lowest BCUT2D eigenvalue weighted by Gasteiger charge is -2.21. The third-order valence-electron chi connectivity index (χ3n) is 2.26. The van der Waals surface area contributed by atoms with Crippen molar-refractivity contribution in [3.63, 3.8) is 0 Å². The molecular formula is C10H17N3O7. The molecule has 0 aromatic rings. The summed E-state index contributed by atoms with van der Waals surface area (Å²) in [7, 11) is 0. The van der Waals surface area contributed by atoms with E-state index < -0.39 is 54.9 Å². The Morgan fingerprint density at radius 1 is 1.15 bits per heavy atom. The molecule has 114 valence electrons. The topological polar surface area (TPSA) is 179 Å². The molecule has 20 heavy (non-hydrogen) atoms. The van der Waals surface area contributed by atoms with Crippen molar-refractivity contribution in [2.75, 3.05) is 6.54 Å². The van der Waals surface area contributed by atoms with Gasteiger partial charge in [-0.2, -0.15) is 0 Å². The lowest BCUT2D eigenvalue weighted by molar-refractivity contribution is -0.145. The van der Waals surface area contributed by atoms with E-state index in [2.05, 4.69) is 0 Å². The number of carbonyl (C=O) groups excluding carboxylic acids is 2. The summed E-state index contributed by atoms with van der Waals surface area (Å²) in [5.41, 5.74) is 5.02. The summed E-state index contributed by atoms with van der Waals surface area (Å²) in [6.45, 7) is 0.686. The monoisotopic (exact) mass is 291 g/mol. The van der Waals surface area contributed by atoms with E-state index in [1.165, 1.54) is 0 Å². The van der Waals surface area contributed by atoms with E-state index in [1.807, 2.05) is 10.6 Å². The quantitative estimate of drug-likeness (QED) is 0.271. The number of aliphatic carboxylic acids is 2. The summed E-state index contributed by atoms with van der Waals surface area (Å²) in [6, 6.07) is -3.10. The molecule has 0 spiro atoms. The molecule has 0 rings (SSSR count). The van der Waals surface area contributed by atoms with Crippen LogP contribution >= 0.6 is 0 Å². The minimum atomic E-state index is -1.62. The van der Waals surface area contributed by atoms with Gasteiger partial charge in [-0.25, -0.2) is 4.79 Å². The predicted molar refractivity (Wildman–Crippen MR) is 64.5 cm³/mol. The van der Waals surface area contributed by atoms with Gasteiger partial charge < -0.3 is 31.7 Å². The van der Waals surface area contributed by atoms with E-state index in [1.54, 1.807) is 0 Å². The second-order valence-corrected chi connectivity index (χ2v) is 3.99. The van der Waals surface area contributed by atoms with Crippen LogP contribution in [-0.2, 0) is 19.2 Å². The molecule has 3 atom stereocenters. The van der Waals surface area contributed by atoms with Crippen LogP contribution in [0.15, 0.2) is 0 Å². The van der Waals surface area contributed by atoms with Gasteiger partial charge >= 0.3 is 11.9 Å². The fourth-order valence-corrected chi connectivity index (χ4v) is 1.28. The standard InChI is InChI=1S/C10H17N3O7/c1-4(14)8(10(19)20)13-9(18)5(2-7(16)17)12-6(15)3-11/h4-5,8,14H,2-3,11H2,1H3,(H,12,15)(H,13,18)(H,16,17)(H,19,20)/t4-,5+,8+/m1/s1. The number of hydrogen-bond acceptors (Lipinski definition) is 6. The van der Waals surface area contributed by atoms with Gasteiger partial charge in [0.2, 0.25) is 11.8 Å². The number of carbonyl (C=O) groups is 4. The van der Waals surface area contributed by atoms with E-state index in [0.717, 1.165) is 6.92 Å². The van der Waals surface area contributed by atoms with Gasteiger partial charge in [0.15, 0.2) is 6.04 Å². The van der Waals surface area contributed by atoms with Crippen LogP contribution in [0, 0.1) is 0 Å². The molecular weight excluding hydrogens is 274 g/mol. The van der Waals surface area contributed by atoms with E-state index in [4.69, 9.17) is 15.9 Å². The van der Waals surface area contributed by atoms with Crippen LogP contribution < -0.4 is 16.4 Å². The number of nitrogens with two attached hydrogens (primary N) is 1. The van der Waals surface area contributed by atoms with Crippen molar-refractivity contribution in [1.82, 2.24) is 10.6 Å². The third-order valence-corrected chi connectivity index (χ3v) is 2.26. The Kier molecular flexibility index (Phi) is 7.18. The van der Waals surface area contributed by atoms with Crippen LogP contribution in [0.25, 0.3) is 0 Å². The minimum absolute atomic E-state index is 0.456. The highest BCUT2D eigenvalue weighted by Gasteiger charge is 2.30. The van der Waals surface area contributed by atoms with Gasteiger partial charge in [-0.1, -0.05) is 0 Å². The Hall–Kier alpha value is -2.20. The Morgan fingerprint density at radius 2 is 1.70 bits per heavy atom. The number of nitrogens with one attached hydrogen (secondary N) is 2. The van der Waals surface area contributed by atoms with Crippen molar-refractivity contribution in [1.29, 1.82) is 0 Å². The normalized spacial score (nSPS) is 14.8. The van der Waals surface area contributed by atoms with Gasteiger partial charge in [-0.3, -0.25) is 14.4 Å². The van der Waals surface area contributed by atoms with Crippen molar-refractivity contribution in [2.45, 2.75) is 31.5 Å². The number of rotatable bonds is 8. The smallest absolute Gasteiger partial charge is 0.328 e. The Labute approximate surface area is 113 Å². The zero-order valence-corrected chi connectivity index (χ0v) is 10.7. The number of carboxylic acids is 2. The molecule has 2 amide bonds. The van der Waals surface area contributed by atoms with Crippen LogP contribution in [0.2, 0.25) is 0 Å². The Morgan fingerprint density at radius 3 is 2.05 bits per heavy atom. The van der Waals surface area contributed by atoms with Gasteiger partial charge in [0.05, 0.1) is 19.1 Å². The molecule has 7 N–H and O–H groups in total. The van der Waals surface area contributed by atoms with Crippen LogP contribution in [-0.4, -0.2) is 63.8 Å². The van der Waals surface area contributed by atoms with E-state index >= 15 is 0 Å². The zero-order chi connectivity index (χ0) is 15.9. The molecule has 0 unspecified atom stereocenters. The van der Waals surface area contributed by atoms with Gasteiger partial charge in [0.1, 0.15) is 6.04 Å². The molecule has 0 aliphatic heterocycles. The molecule has 0 aliphatic carbocycles. The molecule has 0 radical (unpaired) electrons. The highest BCUT2D eigenvalue weighted by molar-refractivity contribution is 5.93. The van der Waals surface area contributed by atoms with Crippen LogP contribution in [0.5, 0.6) is 0 Å². The number of carboxylic acid groups (broad SMARTS) is 2. The Bertz CT molecular complexity index is 396. The number of aliphatic hydroxyl groups excluding tert-OH is 1. The summed E-state index contributed by atoms with van der Waals surface area (Å²) in [5.74, 6) is -4.67. The fourth-order valence-electron chi connectivity index (χ4n) is 1.28. The lowest BCUT2D eigenvalue weighted by atomic mass is 10.1. The van der Waals surface area contributed by atoms with E-state index in [9.17, 15) is 24.3 Å². The maximum atomic E-state index is 11.7. The van der Waals surface area contributed by atoms with Crippen molar-refractivity contribution in [3.05, 3.63) is 0 Å². The number of aliphatic hydroxyl groups is 1. The van der Waals surface area contributed by atoms with Gasteiger partial charge in [0.25, 0.3) is 0 Å². The van der Waals surface area contributed by atoms with Crippen molar-refractivity contribution in [2.24, 2.45) is 5.73 Å². The van der Waals surface area contributed by atoms with E-state index in [-0.39, 0.29) is 0 Å². The average molecular weight is 291 g/mol. The number of amides is 2. The van der Waals surface area contributed by atoms with Gasteiger partial charge in [-0.15, -0.1) is 0 Å². The maximum absolute atomic E-state index is 11.7. The van der Waals surface area contributed by atoms with Crippen molar-refractivity contribution >= 4 is 23.8 Å². The molecule has 0 fully saturated rings. The van der Waals surface area contributed by atoms with Crippen molar-refractivity contribution < 1.29 is 34.5 Å². The van der Waals surface area contributed by atoms with Gasteiger partial charge in [-0.05, 0) is 6.92 Å². The summed E-state index contributed by atoms with van der Waals surface area (Å²) in [6.07, 6.45) is -2.14. The first kappa shape index (κ1) is 17.8. The van der Waals surface area contributed by atoms with Crippen molar-refractivity contribution in [3.8, 4) is 0 Å². The summed E-state index contributed by atoms with van der Waals surface area (Å²) in [5, 5.41) is 30.6. The average Bonchev–Trinajstić information content (AvgIpc) is 2.33. The first-order valence-corrected chi connectivity index (χ1v) is 5.61. The minimum Gasteiger partial charge on any atom is -0.481 e. The lowest BCUT2D eigenvalue weighted by Crippen LogP contribution is -2.55. The molecule has 0 aromatic heterocycles. The first-order chi connectivity index (χ1) is 9.18. The molecule has 0 aromatic carbocycles. The van der Waals surface area contributed by atoms with E-state index in [0.29, 0.717) is 0 Å². The highest BCUT2D eigenvalue weighted by Crippen LogP contribution is 1.98. The van der Waals surface area contributed by atoms with Crippen LogP contribution in [0.3, 0.4) is 0 Å². The molecule has 0 saturated heterocycles. The molecule has 0 heterocycles. The van der Waals surface area contributed by atoms with Gasteiger partial charge in [0, 0.05) is 0 Å². The highest BCUT2D eigenvalue weighted by atomic mass is 16.4. The fraction of sp³-hybridized carbons (Fsp3) is 0.600. The summed E-state index contributed by atoms with van der Waals surface area (Å²) >= 11 is 0. The third kappa shape index (κ3) is 6.11. The summed E-state index contributed by atoms with van der Waals surface area (Å²) in [4.78, 5) is 44.2. The summed E-state index contributed by atoms with van der Waals surface area (Å²) < 4.78 is 0. The molecule has 0 aliphatic rings. The number of hydrogen-bond donors (Lipinski definition) is 6. The second-order valence-electron chi connectivity index (χ2n) is 3.99. The first-order valence-electron chi connectivity index (χ1n) is 5.61. The van der Waals surface area contributed by atoms with Crippen LogP contribution in [0.4, 0.5) is 0 Å². The SMILES string of the molecule is C[C@@H](O)[C@H](NC(=O)[C@H](CC(=O)O)NC(=O)CN)C(=O)O. The predicted octanol–water partition coefficient (Wildman–Crippen LogP) is -3.15. The largest absolute Gasteiger partial charge is 0.481 e. The molecule has 0 saturated carbocycles. The second kappa shape index (κ2) is 8.07. The van der Waals surface area contributed by atoms with Crippen LogP contribution in [0.1, 0.15) is 13.3 Å². The molecule has 10 nitrogen and oxygen atoms in total.